The highest BCUT2D eigenvalue weighted by Crippen LogP contribution is 2.21. The molecule has 1 heterocycles. The standard InChI is InChI=1S/C14H20N2O4S/c1-11(2)16-9-8-15(10-14(16)17)21(18,19)13-6-4-12(20-3)5-7-13/h4-7,11H,8-10H2,1-3H3. The predicted octanol–water partition coefficient (Wildman–Crippen LogP) is 0.936. The summed E-state index contributed by atoms with van der Waals surface area (Å²) in [5.74, 6) is 0.433. The predicted molar refractivity (Wildman–Crippen MR) is 78.6 cm³/mol. The number of piperazine rings is 1. The van der Waals surface area contributed by atoms with Crippen molar-refractivity contribution in [1.82, 2.24) is 9.21 Å². The van der Waals surface area contributed by atoms with Crippen LogP contribution in [0, 0.1) is 0 Å². The third kappa shape index (κ3) is 3.19. The summed E-state index contributed by atoms with van der Waals surface area (Å²) in [5.41, 5.74) is 0. The molecule has 1 aliphatic heterocycles. The highest BCUT2D eigenvalue weighted by atomic mass is 32.2. The molecule has 7 heteroatoms. The van der Waals surface area contributed by atoms with Gasteiger partial charge in [-0.3, -0.25) is 4.79 Å². The van der Waals surface area contributed by atoms with Crippen molar-refractivity contribution in [3.63, 3.8) is 0 Å². The molecule has 1 aromatic rings. The van der Waals surface area contributed by atoms with E-state index in [0.29, 0.717) is 18.8 Å². The highest BCUT2D eigenvalue weighted by molar-refractivity contribution is 7.89. The lowest BCUT2D eigenvalue weighted by atomic mass is 10.2. The van der Waals surface area contributed by atoms with Crippen LogP contribution < -0.4 is 4.74 Å². The molecule has 6 nitrogen and oxygen atoms in total. The van der Waals surface area contributed by atoms with Crippen molar-refractivity contribution in [1.29, 1.82) is 0 Å². The molecule has 0 atom stereocenters. The zero-order chi connectivity index (χ0) is 15.6. The fourth-order valence-electron chi connectivity index (χ4n) is 2.31. The Morgan fingerprint density at radius 3 is 2.24 bits per heavy atom. The van der Waals surface area contributed by atoms with Crippen molar-refractivity contribution in [2.75, 3.05) is 26.7 Å². The Hall–Kier alpha value is -1.60. The van der Waals surface area contributed by atoms with E-state index < -0.39 is 10.0 Å². The van der Waals surface area contributed by atoms with Gasteiger partial charge in [-0.05, 0) is 38.1 Å². The summed E-state index contributed by atoms with van der Waals surface area (Å²) in [4.78, 5) is 13.9. The quantitative estimate of drug-likeness (QED) is 0.830. The van der Waals surface area contributed by atoms with E-state index in [1.54, 1.807) is 17.0 Å². The van der Waals surface area contributed by atoms with Crippen molar-refractivity contribution in [3.05, 3.63) is 24.3 Å². The summed E-state index contributed by atoms with van der Waals surface area (Å²) in [7, 11) is -2.12. The second kappa shape index (κ2) is 6.03. The van der Waals surface area contributed by atoms with Crippen LogP contribution in [0.15, 0.2) is 29.2 Å². The van der Waals surface area contributed by atoms with Crippen LogP contribution >= 0.6 is 0 Å². The molecular weight excluding hydrogens is 292 g/mol. The zero-order valence-corrected chi connectivity index (χ0v) is 13.3. The first kappa shape index (κ1) is 15.8. The number of nitrogens with zero attached hydrogens (tertiary/aromatic N) is 2. The van der Waals surface area contributed by atoms with Gasteiger partial charge in [0, 0.05) is 19.1 Å². The first-order valence-corrected chi connectivity index (χ1v) is 8.24. The van der Waals surface area contributed by atoms with Crippen LogP contribution in [0.3, 0.4) is 0 Å². The fraction of sp³-hybridized carbons (Fsp3) is 0.500. The van der Waals surface area contributed by atoms with Crippen LogP contribution in [-0.4, -0.2) is 56.3 Å². The Morgan fingerprint density at radius 1 is 1.14 bits per heavy atom. The molecule has 0 radical (unpaired) electrons. The molecule has 2 rings (SSSR count). The van der Waals surface area contributed by atoms with Gasteiger partial charge in [0.2, 0.25) is 15.9 Å². The average molecular weight is 312 g/mol. The molecule has 0 aromatic heterocycles. The van der Waals surface area contributed by atoms with Gasteiger partial charge in [-0.15, -0.1) is 0 Å². The summed E-state index contributed by atoms with van der Waals surface area (Å²) in [6.45, 7) is 4.48. The largest absolute Gasteiger partial charge is 0.497 e. The molecule has 0 saturated carbocycles. The molecule has 1 aliphatic rings. The maximum Gasteiger partial charge on any atom is 0.243 e. The molecule has 0 bridgehead atoms. The molecule has 0 N–H and O–H groups in total. The van der Waals surface area contributed by atoms with E-state index in [1.165, 1.54) is 23.5 Å². The lowest BCUT2D eigenvalue weighted by Gasteiger charge is -2.35. The number of methoxy groups -OCH3 is 1. The van der Waals surface area contributed by atoms with Gasteiger partial charge in [0.05, 0.1) is 18.6 Å². The van der Waals surface area contributed by atoms with Gasteiger partial charge < -0.3 is 9.64 Å². The average Bonchev–Trinajstić information content (AvgIpc) is 2.46. The van der Waals surface area contributed by atoms with E-state index in [1.807, 2.05) is 13.8 Å². The van der Waals surface area contributed by atoms with Crippen molar-refractivity contribution < 1.29 is 17.9 Å². The fourth-order valence-corrected chi connectivity index (χ4v) is 3.69. The Labute approximate surface area is 125 Å². The number of sulfonamides is 1. The number of ether oxygens (including phenoxy) is 1. The summed E-state index contributed by atoms with van der Waals surface area (Å²) in [6, 6.07) is 6.27. The topological polar surface area (TPSA) is 66.9 Å². The van der Waals surface area contributed by atoms with Gasteiger partial charge in [-0.25, -0.2) is 8.42 Å². The highest BCUT2D eigenvalue weighted by Gasteiger charge is 2.33. The van der Waals surface area contributed by atoms with E-state index in [2.05, 4.69) is 0 Å². The van der Waals surface area contributed by atoms with Gasteiger partial charge in [-0.1, -0.05) is 0 Å². The van der Waals surface area contributed by atoms with Crippen LogP contribution in [0.5, 0.6) is 5.75 Å². The number of hydrogen-bond acceptors (Lipinski definition) is 4. The summed E-state index contributed by atoms with van der Waals surface area (Å²) >= 11 is 0. The lowest BCUT2D eigenvalue weighted by molar-refractivity contribution is -0.135. The van der Waals surface area contributed by atoms with E-state index in [9.17, 15) is 13.2 Å². The minimum absolute atomic E-state index is 0.0864. The smallest absolute Gasteiger partial charge is 0.243 e. The normalized spacial score (nSPS) is 17.3. The molecule has 116 valence electrons. The summed E-state index contributed by atoms with van der Waals surface area (Å²) in [5, 5.41) is 0. The lowest BCUT2D eigenvalue weighted by Crippen LogP contribution is -2.54. The van der Waals surface area contributed by atoms with E-state index in [0.717, 1.165) is 0 Å². The Morgan fingerprint density at radius 2 is 1.76 bits per heavy atom. The first-order valence-electron chi connectivity index (χ1n) is 6.80. The SMILES string of the molecule is COc1ccc(S(=O)(=O)N2CCN(C(C)C)C(=O)C2)cc1. The molecule has 0 spiro atoms. The van der Waals surface area contributed by atoms with E-state index in [-0.39, 0.29) is 23.4 Å². The summed E-state index contributed by atoms with van der Waals surface area (Å²) in [6.07, 6.45) is 0. The second-order valence-electron chi connectivity index (χ2n) is 5.20. The monoisotopic (exact) mass is 312 g/mol. The molecular formula is C14H20N2O4S. The number of benzene rings is 1. The van der Waals surface area contributed by atoms with E-state index >= 15 is 0 Å². The second-order valence-corrected chi connectivity index (χ2v) is 7.13. The minimum Gasteiger partial charge on any atom is -0.497 e. The maximum absolute atomic E-state index is 12.5. The molecule has 1 amide bonds. The van der Waals surface area contributed by atoms with Crippen LogP contribution in [0.25, 0.3) is 0 Å². The number of carbonyl (C=O) groups is 1. The van der Waals surface area contributed by atoms with E-state index in [4.69, 9.17) is 4.74 Å². The van der Waals surface area contributed by atoms with Crippen LogP contribution in [0.2, 0.25) is 0 Å². The third-order valence-corrected chi connectivity index (χ3v) is 5.40. The molecule has 1 fully saturated rings. The Balaban J connectivity index is 2.19. The van der Waals surface area contributed by atoms with Crippen molar-refractivity contribution >= 4 is 15.9 Å². The van der Waals surface area contributed by atoms with Gasteiger partial charge in [0.1, 0.15) is 5.75 Å². The first-order chi connectivity index (χ1) is 9.86. The van der Waals surface area contributed by atoms with Crippen LogP contribution in [-0.2, 0) is 14.8 Å². The van der Waals surface area contributed by atoms with Crippen molar-refractivity contribution in [2.24, 2.45) is 0 Å². The molecule has 1 aromatic carbocycles. The van der Waals surface area contributed by atoms with Crippen LogP contribution in [0.4, 0.5) is 0 Å². The number of carbonyl (C=O) groups excluding carboxylic acids is 1. The number of amides is 1. The molecule has 21 heavy (non-hydrogen) atoms. The van der Waals surface area contributed by atoms with Gasteiger partial charge in [0.15, 0.2) is 0 Å². The van der Waals surface area contributed by atoms with Gasteiger partial charge in [0.25, 0.3) is 0 Å². The number of hydrogen-bond donors (Lipinski definition) is 0. The Bertz CT molecular complexity index is 610. The van der Waals surface area contributed by atoms with Gasteiger partial charge >= 0.3 is 0 Å². The third-order valence-electron chi connectivity index (χ3n) is 3.54. The van der Waals surface area contributed by atoms with Crippen molar-refractivity contribution in [3.8, 4) is 5.75 Å². The maximum atomic E-state index is 12.5. The van der Waals surface area contributed by atoms with Crippen molar-refractivity contribution in [2.45, 2.75) is 24.8 Å². The zero-order valence-electron chi connectivity index (χ0n) is 12.4. The number of rotatable bonds is 4. The summed E-state index contributed by atoms with van der Waals surface area (Å²) < 4.78 is 31.3. The Kier molecular flexibility index (Phi) is 4.53. The minimum atomic E-state index is -3.64. The van der Waals surface area contributed by atoms with Crippen LogP contribution in [0.1, 0.15) is 13.8 Å². The molecule has 1 saturated heterocycles. The van der Waals surface area contributed by atoms with Gasteiger partial charge in [-0.2, -0.15) is 4.31 Å². The molecule has 0 unspecified atom stereocenters. The molecule has 0 aliphatic carbocycles.